The first-order valence-corrected chi connectivity index (χ1v) is 6.78. The number of nitrogens with one attached hydrogen (secondary N) is 1. The first-order chi connectivity index (χ1) is 9.61. The van der Waals surface area contributed by atoms with Crippen molar-refractivity contribution < 1.29 is 18.7 Å². The number of hydrogen-bond acceptors (Lipinski definition) is 3. The van der Waals surface area contributed by atoms with Crippen molar-refractivity contribution in [2.45, 2.75) is 25.2 Å². The van der Waals surface area contributed by atoms with E-state index in [9.17, 15) is 14.0 Å². The number of benzene rings is 1. The van der Waals surface area contributed by atoms with E-state index in [4.69, 9.17) is 0 Å². The fraction of sp³-hybridized carbons (Fsp3) is 0.467. The van der Waals surface area contributed by atoms with Crippen LogP contribution in [0.3, 0.4) is 0 Å². The first kappa shape index (κ1) is 13.1. The second-order valence-electron chi connectivity index (χ2n) is 5.35. The Morgan fingerprint density at radius 2 is 2.05 bits per heavy atom. The van der Waals surface area contributed by atoms with E-state index in [0.717, 1.165) is 30.4 Å². The number of esters is 1. The van der Waals surface area contributed by atoms with Crippen LogP contribution in [0.2, 0.25) is 0 Å². The van der Waals surface area contributed by atoms with Crippen LogP contribution in [0.15, 0.2) is 12.1 Å². The predicted octanol–water partition coefficient (Wildman–Crippen LogP) is 1.32. The van der Waals surface area contributed by atoms with E-state index in [1.807, 2.05) is 6.07 Å². The largest absolute Gasteiger partial charge is 0.468 e. The van der Waals surface area contributed by atoms with Crippen LogP contribution >= 0.6 is 0 Å². The molecule has 1 aromatic carbocycles. The average molecular weight is 277 g/mol. The number of rotatable bonds is 2. The highest BCUT2D eigenvalue weighted by Crippen LogP contribution is 2.35. The normalized spacial score (nSPS) is 24.4. The molecule has 0 spiro atoms. The molecule has 1 aliphatic heterocycles. The van der Waals surface area contributed by atoms with Gasteiger partial charge in [-0.2, -0.15) is 0 Å². The molecule has 0 aromatic heterocycles. The van der Waals surface area contributed by atoms with Crippen molar-refractivity contribution in [2.75, 3.05) is 13.7 Å². The van der Waals surface area contributed by atoms with Gasteiger partial charge in [-0.3, -0.25) is 9.59 Å². The Kier molecular flexibility index (Phi) is 3.20. The molecule has 1 saturated heterocycles. The number of methoxy groups -OCH3 is 1. The minimum atomic E-state index is -0.950. The molecular weight excluding hydrogens is 261 g/mol. The monoisotopic (exact) mass is 277 g/mol. The molecule has 1 aliphatic carbocycles. The van der Waals surface area contributed by atoms with Crippen molar-refractivity contribution >= 4 is 11.9 Å². The third kappa shape index (κ3) is 1.97. The van der Waals surface area contributed by atoms with Crippen LogP contribution in [0.1, 0.15) is 29.0 Å². The number of aryl methyl sites for hydroxylation is 2. The van der Waals surface area contributed by atoms with Crippen LogP contribution in [0, 0.1) is 11.7 Å². The molecule has 106 valence electrons. The number of hydrogen-bond donors (Lipinski definition) is 1. The van der Waals surface area contributed by atoms with Crippen molar-refractivity contribution in [1.29, 1.82) is 0 Å². The van der Waals surface area contributed by atoms with Crippen molar-refractivity contribution in [3.63, 3.8) is 0 Å². The number of amides is 1. The summed E-state index contributed by atoms with van der Waals surface area (Å²) < 4.78 is 18.9. The number of halogens is 1. The predicted molar refractivity (Wildman–Crippen MR) is 69.7 cm³/mol. The Morgan fingerprint density at radius 3 is 2.75 bits per heavy atom. The molecule has 3 rings (SSSR count). The number of ether oxygens (including phenoxy) is 1. The summed E-state index contributed by atoms with van der Waals surface area (Å²) in [4.78, 5) is 23.5. The average Bonchev–Trinajstić information content (AvgIpc) is 3.02. The summed E-state index contributed by atoms with van der Waals surface area (Å²) in [6.45, 7) is 0.272. The van der Waals surface area contributed by atoms with Gasteiger partial charge < -0.3 is 10.1 Å². The molecule has 1 heterocycles. The molecule has 0 radical (unpaired) electrons. The highest BCUT2D eigenvalue weighted by molar-refractivity contribution is 6.00. The van der Waals surface area contributed by atoms with Crippen LogP contribution in [-0.4, -0.2) is 25.5 Å². The molecule has 5 heteroatoms. The topological polar surface area (TPSA) is 55.4 Å². The summed E-state index contributed by atoms with van der Waals surface area (Å²) in [5.74, 6) is -2.76. The second kappa shape index (κ2) is 4.89. The smallest absolute Gasteiger partial charge is 0.318 e. The van der Waals surface area contributed by atoms with Crippen molar-refractivity contribution in [3.05, 3.63) is 34.6 Å². The molecule has 2 unspecified atom stereocenters. The Morgan fingerprint density at radius 1 is 1.35 bits per heavy atom. The maximum Gasteiger partial charge on any atom is 0.318 e. The van der Waals surface area contributed by atoms with Crippen LogP contribution < -0.4 is 5.32 Å². The molecule has 2 atom stereocenters. The van der Waals surface area contributed by atoms with Gasteiger partial charge in [0.05, 0.1) is 7.11 Å². The summed E-state index contributed by atoms with van der Waals surface area (Å²) in [6, 6.07) is 3.37. The van der Waals surface area contributed by atoms with E-state index in [0.29, 0.717) is 5.56 Å². The minimum absolute atomic E-state index is 0.272. The van der Waals surface area contributed by atoms with Crippen molar-refractivity contribution in [1.82, 2.24) is 5.32 Å². The highest BCUT2D eigenvalue weighted by Gasteiger charge is 2.43. The number of carbonyl (C=O) groups is 2. The van der Waals surface area contributed by atoms with E-state index in [2.05, 4.69) is 10.1 Å². The van der Waals surface area contributed by atoms with Gasteiger partial charge in [-0.15, -0.1) is 0 Å². The molecule has 1 N–H and O–H groups in total. The second-order valence-corrected chi connectivity index (χ2v) is 5.35. The first-order valence-electron chi connectivity index (χ1n) is 6.78. The lowest BCUT2D eigenvalue weighted by atomic mass is 9.86. The van der Waals surface area contributed by atoms with E-state index >= 15 is 0 Å². The maximum absolute atomic E-state index is 14.3. The molecule has 4 nitrogen and oxygen atoms in total. The molecule has 1 aromatic rings. The molecule has 2 aliphatic rings. The molecular formula is C15H16FNO3. The Hall–Kier alpha value is -1.91. The summed E-state index contributed by atoms with van der Waals surface area (Å²) in [5, 5.41) is 2.62. The van der Waals surface area contributed by atoms with Gasteiger partial charge in [0.15, 0.2) is 0 Å². The molecule has 0 bridgehead atoms. The highest BCUT2D eigenvalue weighted by atomic mass is 19.1. The third-order valence-electron chi connectivity index (χ3n) is 4.25. The quantitative estimate of drug-likeness (QED) is 0.655. The third-order valence-corrected chi connectivity index (χ3v) is 4.25. The van der Waals surface area contributed by atoms with Gasteiger partial charge in [-0.1, -0.05) is 6.07 Å². The van der Waals surface area contributed by atoms with Crippen LogP contribution in [0.4, 0.5) is 4.39 Å². The zero-order valence-corrected chi connectivity index (χ0v) is 11.2. The van der Waals surface area contributed by atoms with Gasteiger partial charge in [-0.05, 0) is 42.0 Å². The van der Waals surface area contributed by atoms with Gasteiger partial charge in [0.2, 0.25) is 5.91 Å². The lowest BCUT2D eigenvalue weighted by Gasteiger charge is -2.17. The number of fused-ring (bicyclic) bond motifs is 1. The summed E-state index contributed by atoms with van der Waals surface area (Å²) in [6.07, 6.45) is 2.86. The van der Waals surface area contributed by atoms with Crippen LogP contribution in [0.25, 0.3) is 0 Å². The Labute approximate surface area is 116 Å². The van der Waals surface area contributed by atoms with Gasteiger partial charge >= 0.3 is 5.97 Å². The minimum Gasteiger partial charge on any atom is -0.468 e. The van der Waals surface area contributed by atoms with Crippen molar-refractivity contribution in [2.24, 2.45) is 5.92 Å². The van der Waals surface area contributed by atoms with E-state index in [1.54, 1.807) is 6.07 Å². The standard InChI is InChI=1S/C15H16FNO3/c1-20-15(19)13-11(7-17-14(13)18)10-5-8-3-2-4-9(8)6-12(10)16/h5-6,11,13H,2-4,7H2,1H3,(H,17,18). The SMILES string of the molecule is COC(=O)C1C(=O)NCC1c1cc2c(cc1F)CCC2. The maximum atomic E-state index is 14.3. The van der Waals surface area contributed by atoms with E-state index in [1.165, 1.54) is 7.11 Å². The molecule has 0 saturated carbocycles. The summed E-state index contributed by atoms with van der Waals surface area (Å²) in [5.41, 5.74) is 2.61. The molecule has 1 amide bonds. The van der Waals surface area contributed by atoms with Gasteiger partial charge in [0.25, 0.3) is 0 Å². The van der Waals surface area contributed by atoms with Gasteiger partial charge in [0, 0.05) is 12.5 Å². The van der Waals surface area contributed by atoms with E-state index in [-0.39, 0.29) is 18.3 Å². The lowest BCUT2D eigenvalue weighted by molar-refractivity contribution is -0.149. The Bertz CT molecular complexity index is 585. The van der Waals surface area contributed by atoms with Crippen LogP contribution in [0.5, 0.6) is 0 Å². The zero-order chi connectivity index (χ0) is 14.3. The van der Waals surface area contributed by atoms with Gasteiger partial charge in [-0.25, -0.2) is 4.39 Å². The van der Waals surface area contributed by atoms with Crippen LogP contribution in [-0.2, 0) is 27.2 Å². The van der Waals surface area contributed by atoms with Crippen molar-refractivity contribution in [3.8, 4) is 0 Å². The fourth-order valence-electron chi connectivity index (χ4n) is 3.21. The van der Waals surface area contributed by atoms with Gasteiger partial charge in [0.1, 0.15) is 11.7 Å². The summed E-state index contributed by atoms with van der Waals surface area (Å²) >= 11 is 0. The van der Waals surface area contributed by atoms with E-state index < -0.39 is 17.8 Å². The zero-order valence-electron chi connectivity index (χ0n) is 11.2. The fourth-order valence-corrected chi connectivity index (χ4v) is 3.21. The molecule has 1 fully saturated rings. The summed E-state index contributed by atoms with van der Waals surface area (Å²) in [7, 11) is 1.24. The Balaban J connectivity index is 2.00. The molecule has 20 heavy (non-hydrogen) atoms. The lowest BCUT2D eigenvalue weighted by Crippen LogP contribution is -2.28. The number of carbonyl (C=O) groups excluding carboxylic acids is 2.